The molecule has 1 amide bonds. The summed E-state index contributed by atoms with van der Waals surface area (Å²) < 4.78 is 0. The molecule has 0 aliphatic carbocycles. The minimum Gasteiger partial charge on any atom is -0.291 e. The fourth-order valence-electron chi connectivity index (χ4n) is 1.33. The average Bonchev–Trinajstić information content (AvgIpc) is 2.77. The first kappa shape index (κ1) is 11.0. The molecule has 2 heterocycles. The molecule has 0 atom stereocenters. The van der Waals surface area contributed by atoms with Crippen LogP contribution in [0.25, 0.3) is 0 Å². The normalized spacial score (nSPS) is 10.2. The van der Waals surface area contributed by atoms with Crippen LogP contribution in [0.1, 0.15) is 21.6 Å². The molecule has 0 saturated carbocycles. The second-order valence-corrected chi connectivity index (χ2v) is 3.43. The van der Waals surface area contributed by atoms with Crippen LogP contribution < -0.4 is 10.9 Å². The Morgan fingerprint density at radius 2 is 2.12 bits per heavy atom. The van der Waals surface area contributed by atoms with E-state index in [1.54, 1.807) is 13.8 Å². The zero-order valence-electron chi connectivity index (χ0n) is 9.24. The van der Waals surface area contributed by atoms with E-state index in [2.05, 4.69) is 30.7 Å². The Bertz CT molecular complexity index is 600. The third-order valence-electron chi connectivity index (χ3n) is 2.34. The van der Waals surface area contributed by atoms with Gasteiger partial charge in [-0.25, -0.2) is 10.2 Å². The van der Waals surface area contributed by atoms with E-state index in [4.69, 9.17) is 0 Å². The number of nitrogens with zero attached hydrogens (tertiary/aromatic N) is 3. The van der Waals surface area contributed by atoms with Crippen molar-refractivity contribution in [2.75, 3.05) is 5.32 Å². The summed E-state index contributed by atoms with van der Waals surface area (Å²) in [6, 6.07) is 0. The molecule has 0 bridgehead atoms. The van der Waals surface area contributed by atoms with Gasteiger partial charge in [-0.2, -0.15) is 15.2 Å². The largest absolute Gasteiger partial charge is 0.291 e. The van der Waals surface area contributed by atoms with Crippen molar-refractivity contribution < 1.29 is 4.79 Å². The van der Waals surface area contributed by atoms with Crippen LogP contribution in [0.3, 0.4) is 0 Å². The highest BCUT2D eigenvalue weighted by Crippen LogP contribution is 2.06. The summed E-state index contributed by atoms with van der Waals surface area (Å²) in [5.74, 6) is -0.366. The number of hydrogen-bond donors (Lipinski definition) is 3. The molecule has 0 aliphatic rings. The first-order valence-corrected chi connectivity index (χ1v) is 4.82. The van der Waals surface area contributed by atoms with Crippen molar-refractivity contribution >= 4 is 11.9 Å². The Balaban J connectivity index is 2.38. The first-order chi connectivity index (χ1) is 8.09. The summed E-state index contributed by atoms with van der Waals surface area (Å²) in [6.45, 7) is 3.36. The Labute approximate surface area is 95.5 Å². The predicted octanol–water partition coefficient (Wildman–Crippen LogP) is -0.243. The van der Waals surface area contributed by atoms with Crippen molar-refractivity contribution in [1.82, 2.24) is 25.4 Å². The fraction of sp³-hybridized carbons (Fsp3) is 0.222. The second-order valence-electron chi connectivity index (χ2n) is 3.43. The van der Waals surface area contributed by atoms with E-state index in [0.29, 0.717) is 11.3 Å². The van der Waals surface area contributed by atoms with Crippen LogP contribution in [-0.2, 0) is 0 Å². The lowest BCUT2D eigenvalue weighted by molar-refractivity contribution is 0.102. The highest BCUT2D eigenvalue weighted by Gasteiger charge is 2.16. The fourth-order valence-corrected chi connectivity index (χ4v) is 1.33. The number of carbonyl (C=O) groups is 1. The third kappa shape index (κ3) is 2.05. The van der Waals surface area contributed by atoms with Crippen molar-refractivity contribution in [3.8, 4) is 0 Å². The summed E-state index contributed by atoms with van der Waals surface area (Å²) in [5, 5.41) is 14.5. The van der Waals surface area contributed by atoms with E-state index >= 15 is 0 Å². The molecular weight excluding hydrogens is 224 g/mol. The van der Waals surface area contributed by atoms with Crippen LogP contribution in [0.15, 0.2) is 11.1 Å². The van der Waals surface area contributed by atoms with E-state index in [9.17, 15) is 9.59 Å². The molecule has 0 saturated heterocycles. The quantitative estimate of drug-likeness (QED) is 0.662. The monoisotopic (exact) mass is 234 g/mol. The van der Waals surface area contributed by atoms with Crippen molar-refractivity contribution in [2.24, 2.45) is 0 Å². The smallest absolute Gasteiger partial charge is 0.277 e. The number of nitrogens with one attached hydrogen (secondary N) is 3. The van der Waals surface area contributed by atoms with Crippen molar-refractivity contribution in [3.63, 3.8) is 0 Å². The standard InChI is InChI=1S/C9H10N6O2/c1-4-5(2)13-14-8(17)6(4)7(16)12-9-10-3-11-15-9/h3H,1-2H3,(H,14,17)(H2,10,11,12,15,16). The van der Waals surface area contributed by atoms with Gasteiger partial charge in [0.25, 0.3) is 11.5 Å². The molecule has 3 N–H and O–H groups in total. The number of aromatic nitrogens is 5. The second kappa shape index (κ2) is 4.16. The zero-order chi connectivity index (χ0) is 12.4. The third-order valence-corrected chi connectivity index (χ3v) is 2.34. The summed E-state index contributed by atoms with van der Waals surface area (Å²) >= 11 is 0. The van der Waals surface area contributed by atoms with E-state index in [1.807, 2.05) is 0 Å². The molecule has 0 unspecified atom stereocenters. The average molecular weight is 234 g/mol. The minimum absolute atomic E-state index is 0.0221. The zero-order valence-corrected chi connectivity index (χ0v) is 9.24. The SMILES string of the molecule is Cc1n[nH]c(=O)c(C(=O)Nc2ncn[nH]2)c1C. The molecule has 0 radical (unpaired) electrons. The molecule has 17 heavy (non-hydrogen) atoms. The van der Waals surface area contributed by atoms with Gasteiger partial charge in [0, 0.05) is 0 Å². The van der Waals surface area contributed by atoms with Gasteiger partial charge in [0.05, 0.1) is 5.69 Å². The van der Waals surface area contributed by atoms with E-state index < -0.39 is 11.5 Å². The van der Waals surface area contributed by atoms with E-state index in [0.717, 1.165) is 0 Å². The Morgan fingerprint density at radius 1 is 1.35 bits per heavy atom. The number of anilines is 1. The maximum absolute atomic E-state index is 11.9. The van der Waals surface area contributed by atoms with Crippen LogP contribution in [0.4, 0.5) is 5.95 Å². The van der Waals surface area contributed by atoms with Gasteiger partial charge in [-0.15, -0.1) is 0 Å². The first-order valence-electron chi connectivity index (χ1n) is 4.82. The summed E-state index contributed by atoms with van der Waals surface area (Å²) in [5.41, 5.74) is 0.608. The number of aromatic amines is 2. The molecule has 88 valence electrons. The van der Waals surface area contributed by atoms with Gasteiger partial charge < -0.3 is 0 Å². The molecule has 0 fully saturated rings. The van der Waals surface area contributed by atoms with Crippen LogP contribution >= 0.6 is 0 Å². The lowest BCUT2D eigenvalue weighted by atomic mass is 10.1. The lowest BCUT2D eigenvalue weighted by Gasteiger charge is -2.05. The number of aryl methyl sites for hydroxylation is 1. The summed E-state index contributed by atoms with van der Waals surface area (Å²) in [6.07, 6.45) is 1.25. The molecular formula is C9H10N6O2. The van der Waals surface area contributed by atoms with Gasteiger partial charge in [-0.05, 0) is 19.4 Å². The maximum Gasteiger partial charge on any atom is 0.277 e. The van der Waals surface area contributed by atoms with Crippen molar-refractivity contribution in [2.45, 2.75) is 13.8 Å². The predicted molar refractivity (Wildman–Crippen MR) is 58.7 cm³/mol. The number of hydrogen-bond acceptors (Lipinski definition) is 5. The molecule has 8 heteroatoms. The van der Waals surface area contributed by atoms with Gasteiger partial charge in [0.15, 0.2) is 0 Å². The summed E-state index contributed by atoms with van der Waals surface area (Å²) in [7, 11) is 0. The minimum atomic E-state index is -0.550. The molecule has 2 rings (SSSR count). The Kier molecular flexibility index (Phi) is 2.69. The van der Waals surface area contributed by atoms with Crippen LogP contribution in [0.5, 0.6) is 0 Å². The van der Waals surface area contributed by atoms with Crippen LogP contribution in [-0.4, -0.2) is 31.3 Å². The Morgan fingerprint density at radius 3 is 2.76 bits per heavy atom. The molecule has 0 spiro atoms. The molecule has 0 aromatic carbocycles. The van der Waals surface area contributed by atoms with E-state index in [1.165, 1.54) is 6.33 Å². The number of rotatable bonds is 2. The van der Waals surface area contributed by atoms with Crippen LogP contribution in [0.2, 0.25) is 0 Å². The maximum atomic E-state index is 11.9. The number of H-pyrrole nitrogens is 2. The highest BCUT2D eigenvalue weighted by molar-refractivity contribution is 6.04. The molecule has 8 nitrogen and oxygen atoms in total. The van der Waals surface area contributed by atoms with Crippen LogP contribution in [0, 0.1) is 13.8 Å². The summed E-state index contributed by atoms with van der Waals surface area (Å²) in [4.78, 5) is 27.1. The molecule has 0 aliphatic heterocycles. The van der Waals surface area contributed by atoms with Gasteiger partial charge in [-0.1, -0.05) is 0 Å². The van der Waals surface area contributed by atoms with E-state index in [-0.39, 0.29) is 11.5 Å². The van der Waals surface area contributed by atoms with Crippen molar-refractivity contribution in [1.29, 1.82) is 0 Å². The topological polar surface area (TPSA) is 116 Å². The number of carbonyl (C=O) groups excluding carboxylic acids is 1. The Hall–Kier alpha value is -2.51. The molecule has 2 aromatic rings. The van der Waals surface area contributed by atoms with Gasteiger partial charge >= 0.3 is 0 Å². The number of amides is 1. The van der Waals surface area contributed by atoms with Gasteiger partial charge in [0.1, 0.15) is 11.9 Å². The molecule has 2 aromatic heterocycles. The lowest BCUT2D eigenvalue weighted by Crippen LogP contribution is -2.26. The van der Waals surface area contributed by atoms with Crippen molar-refractivity contribution in [3.05, 3.63) is 33.5 Å². The van der Waals surface area contributed by atoms with Gasteiger partial charge in [-0.3, -0.25) is 14.9 Å². The van der Waals surface area contributed by atoms with Gasteiger partial charge in [0.2, 0.25) is 5.95 Å². The highest BCUT2D eigenvalue weighted by atomic mass is 16.2.